The van der Waals surface area contributed by atoms with E-state index in [1.165, 1.54) is 0 Å². The van der Waals surface area contributed by atoms with Gasteiger partial charge in [0, 0.05) is 5.56 Å². The quantitative estimate of drug-likeness (QED) is 0.649. The Balaban J connectivity index is 2.25. The molecule has 1 aliphatic rings. The van der Waals surface area contributed by atoms with Crippen LogP contribution in [-0.4, -0.2) is 27.9 Å². The van der Waals surface area contributed by atoms with Gasteiger partial charge in [0.1, 0.15) is 10.1 Å². The first-order valence-electron chi connectivity index (χ1n) is 5.25. The summed E-state index contributed by atoms with van der Waals surface area (Å²) in [4.78, 5) is 22.5. The topological polar surface area (TPSA) is 75.6 Å². The molecule has 1 fully saturated rings. The van der Waals surface area contributed by atoms with E-state index in [-0.39, 0.29) is 5.91 Å². The molecule has 0 aliphatic carbocycles. The summed E-state index contributed by atoms with van der Waals surface area (Å²) in [7, 11) is 0. The number of carboxylic acids is 1. The van der Waals surface area contributed by atoms with Crippen LogP contribution in [0.25, 0.3) is 6.08 Å². The summed E-state index contributed by atoms with van der Waals surface area (Å²) in [6.07, 6.45) is 1.62. The fourth-order valence-electron chi connectivity index (χ4n) is 1.43. The van der Waals surface area contributed by atoms with Crippen LogP contribution in [0.3, 0.4) is 0 Å². The van der Waals surface area contributed by atoms with Gasteiger partial charge in [0.25, 0.3) is 5.91 Å². The lowest BCUT2D eigenvalue weighted by atomic mass is 10.2. The summed E-state index contributed by atoms with van der Waals surface area (Å²) in [5.41, 5.74) is 0.631. The lowest BCUT2D eigenvalue weighted by molar-refractivity contribution is -0.139. The molecule has 0 bridgehead atoms. The molecule has 1 aromatic carbocycles. The van der Waals surface area contributed by atoms with Crippen molar-refractivity contribution < 1.29 is 19.4 Å². The molecule has 0 spiro atoms. The summed E-state index contributed by atoms with van der Waals surface area (Å²) in [5, 5.41) is 11.1. The average molecular weight is 295 g/mol. The van der Waals surface area contributed by atoms with E-state index < -0.39 is 12.6 Å². The smallest absolute Gasteiger partial charge is 0.341 e. The number of ether oxygens (including phenoxy) is 1. The van der Waals surface area contributed by atoms with Crippen molar-refractivity contribution in [2.75, 3.05) is 6.61 Å². The van der Waals surface area contributed by atoms with E-state index in [1.807, 2.05) is 0 Å². The number of thioether (sulfide) groups is 1. The predicted molar refractivity (Wildman–Crippen MR) is 75.9 cm³/mol. The highest BCUT2D eigenvalue weighted by Crippen LogP contribution is 2.29. The van der Waals surface area contributed by atoms with Crippen LogP contribution in [0.1, 0.15) is 5.56 Å². The van der Waals surface area contributed by atoms with Gasteiger partial charge in [-0.3, -0.25) is 4.79 Å². The number of carbonyl (C=O) groups is 2. The Hall–Kier alpha value is -1.86. The Morgan fingerprint density at radius 1 is 1.47 bits per heavy atom. The molecule has 5 nitrogen and oxygen atoms in total. The fourth-order valence-corrected chi connectivity index (χ4v) is 2.47. The Bertz CT molecular complexity index is 583. The summed E-state index contributed by atoms with van der Waals surface area (Å²) in [6, 6.07) is 6.88. The fraction of sp³-hybridized carbons (Fsp3) is 0.0833. The van der Waals surface area contributed by atoms with Crippen molar-refractivity contribution in [3.63, 3.8) is 0 Å². The van der Waals surface area contributed by atoms with Crippen LogP contribution in [0.5, 0.6) is 5.75 Å². The van der Waals surface area contributed by atoms with E-state index in [4.69, 9.17) is 22.1 Å². The van der Waals surface area contributed by atoms with Crippen molar-refractivity contribution in [1.29, 1.82) is 0 Å². The monoisotopic (exact) mass is 295 g/mol. The molecule has 1 aromatic rings. The molecule has 7 heteroatoms. The third-order valence-corrected chi connectivity index (χ3v) is 3.36. The van der Waals surface area contributed by atoms with Gasteiger partial charge in [-0.15, -0.1) is 0 Å². The van der Waals surface area contributed by atoms with E-state index in [2.05, 4.69) is 5.32 Å². The zero-order valence-corrected chi connectivity index (χ0v) is 11.2. The molecular weight excluding hydrogens is 286 g/mol. The number of nitrogens with one attached hydrogen (secondary N) is 1. The predicted octanol–water partition coefficient (Wildman–Crippen LogP) is 1.64. The van der Waals surface area contributed by atoms with Gasteiger partial charge in [-0.2, -0.15) is 0 Å². The highest BCUT2D eigenvalue weighted by Gasteiger charge is 2.22. The normalized spacial score (nSPS) is 16.5. The molecule has 0 aromatic heterocycles. The second-order valence-corrected chi connectivity index (χ2v) is 5.29. The van der Waals surface area contributed by atoms with E-state index >= 15 is 0 Å². The molecule has 0 atom stereocenters. The maximum atomic E-state index is 11.5. The van der Waals surface area contributed by atoms with E-state index in [1.54, 1.807) is 30.3 Å². The van der Waals surface area contributed by atoms with Crippen LogP contribution >= 0.6 is 24.0 Å². The minimum Gasteiger partial charge on any atom is -0.481 e. The maximum absolute atomic E-state index is 11.5. The third kappa shape index (κ3) is 3.55. The molecule has 1 aliphatic heterocycles. The van der Waals surface area contributed by atoms with Gasteiger partial charge >= 0.3 is 5.97 Å². The van der Waals surface area contributed by atoms with Crippen LogP contribution in [0.15, 0.2) is 29.2 Å². The number of amides is 1. The summed E-state index contributed by atoms with van der Waals surface area (Å²) < 4.78 is 5.56. The van der Waals surface area contributed by atoms with Crippen molar-refractivity contribution in [3.05, 3.63) is 34.7 Å². The molecule has 0 saturated carbocycles. The molecule has 0 unspecified atom stereocenters. The minimum atomic E-state index is -1.06. The lowest BCUT2D eigenvalue weighted by Crippen LogP contribution is -2.17. The number of hydrogen-bond acceptors (Lipinski definition) is 5. The van der Waals surface area contributed by atoms with E-state index in [0.29, 0.717) is 20.5 Å². The van der Waals surface area contributed by atoms with Gasteiger partial charge in [-0.1, -0.05) is 42.2 Å². The Morgan fingerprint density at radius 3 is 2.84 bits per heavy atom. The van der Waals surface area contributed by atoms with Crippen LogP contribution in [0, 0.1) is 0 Å². The van der Waals surface area contributed by atoms with Crippen LogP contribution < -0.4 is 10.1 Å². The number of hydrogen-bond donors (Lipinski definition) is 2. The first-order chi connectivity index (χ1) is 9.06. The van der Waals surface area contributed by atoms with Gasteiger partial charge < -0.3 is 15.2 Å². The molecule has 98 valence electrons. The molecule has 0 radical (unpaired) electrons. The molecule has 19 heavy (non-hydrogen) atoms. The van der Waals surface area contributed by atoms with Crippen LogP contribution in [0.4, 0.5) is 0 Å². The first kappa shape index (κ1) is 13.6. The van der Waals surface area contributed by atoms with Crippen molar-refractivity contribution in [2.24, 2.45) is 0 Å². The largest absolute Gasteiger partial charge is 0.481 e. The number of thiocarbonyl (C=S) groups is 1. The van der Waals surface area contributed by atoms with Gasteiger partial charge in [0.05, 0.1) is 4.91 Å². The van der Waals surface area contributed by atoms with Crippen molar-refractivity contribution >= 4 is 46.3 Å². The van der Waals surface area contributed by atoms with Gasteiger partial charge in [-0.05, 0) is 12.1 Å². The number of carboxylic acid groups (broad SMARTS) is 1. The molecule has 1 saturated heterocycles. The second-order valence-electron chi connectivity index (χ2n) is 3.57. The van der Waals surface area contributed by atoms with Crippen molar-refractivity contribution in [2.45, 2.75) is 0 Å². The molecule has 1 amide bonds. The van der Waals surface area contributed by atoms with Gasteiger partial charge in [0.15, 0.2) is 6.61 Å². The second kappa shape index (κ2) is 5.85. The Labute approximate surface area is 118 Å². The molecule has 1 heterocycles. The van der Waals surface area contributed by atoms with Crippen molar-refractivity contribution in [3.8, 4) is 5.75 Å². The number of aliphatic carboxylic acids is 1. The van der Waals surface area contributed by atoms with Crippen molar-refractivity contribution in [1.82, 2.24) is 5.32 Å². The van der Waals surface area contributed by atoms with Crippen LogP contribution in [-0.2, 0) is 9.59 Å². The van der Waals surface area contributed by atoms with E-state index in [9.17, 15) is 9.59 Å². The SMILES string of the molecule is O=C(O)COc1ccccc1C=C1SC(=S)NC1=O. The Morgan fingerprint density at radius 2 is 2.21 bits per heavy atom. The average Bonchev–Trinajstić information content (AvgIpc) is 2.67. The third-order valence-electron chi connectivity index (χ3n) is 2.20. The van der Waals surface area contributed by atoms with Gasteiger partial charge in [-0.25, -0.2) is 4.79 Å². The lowest BCUT2D eigenvalue weighted by Gasteiger charge is -2.06. The van der Waals surface area contributed by atoms with Crippen LogP contribution in [0.2, 0.25) is 0 Å². The number of rotatable bonds is 4. The van der Waals surface area contributed by atoms with E-state index in [0.717, 1.165) is 11.8 Å². The minimum absolute atomic E-state index is 0.261. The zero-order valence-electron chi connectivity index (χ0n) is 9.58. The maximum Gasteiger partial charge on any atom is 0.341 e. The first-order valence-corrected chi connectivity index (χ1v) is 6.47. The summed E-state index contributed by atoms with van der Waals surface area (Å²) >= 11 is 6.05. The molecule has 2 rings (SSSR count). The zero-order chi connectivity index (χ0) is 13.8. The summed E-state index contributed by atoms with van der Waals surface area (Å²) in [5.74, 6) is -0.914. The number of carbonyl (C=O) groups excluding carboxylic acids is 1. The van der Waals surface area contributed by atoms with Gasteiger partial charge in [0.2, 0.25) is 0 Å². The Kier molecular flexibility index (Phi) is 4.18. The summed E-state index contributed by atoms with van der Waals surface area (Å²) in [6.45, 7) is -0.433. The number of benzene rings is 1. The highest BCUT2D eigenvalue weighted by atomic mass is 32.2. The molecular formula is C12H9NO4S2. The molecule has 2 N–H and O–H groups in total. The number of para-hydroxylation sites is 1. The standard InChI is InChI=1S/C12H9NO4S2/c14-10(15)6-17-8-4-2-1-3-7(8)5-9-11(16)13-12(18)19-9/h1-5H,6H2,(H,14,15)(H,13,16,18). The highest BCUT2D eigenvalue weighted by molar-refractivity contribution is 8.26.